The zero-order valence-electron chi connectivity index (χ0n) is 28.9. The summed E-state index contributed by atoms with van der Waals surface area (Å²) in [6, 6.07) is 9.71. The number of hydrogen-bond acceptors (Lipinski definition) is 11. The number of pyridine rings is 1. The third kappa shape index (κ3) is 8.01. The molecule has 4 rings (SSSR count). The van der Waals surface area contributed by atoms with Crippen molar-refractivity contribution < 1.29 is 23.8 Å². The van der Waals surface area contributed by atoms with Crippen LogP contribution in [0.4, 0.5) is 16.4 Å². The van der Waals surface area contributed by atoms with Crippen LogP contribution in [0.5, 0.6) is 5.88 Å². The first-order chi connectivity index (χ1) is 23.1. The van der Waals surface area contributed by atoms with Gasteiger partial charge in [0.1, 0.15) is 16.3 Å². The number of halogens is 1. The largest absolute Gasteiger partial charge is 0.479 e. The normalized spacial score (nSPS) is 11.9. The molecule has 0 aliphatic heterocycles. The van der Waals surface area contributed by atoms with E-state index in [-0.39, 0.29) is 46.3 Å². The van der Waals surface area contributed by atoms with E-state index in [1.54, 1.807) is 65.2 Å². The van der Waals surface area contributed by atoms with Crippen LogP contribution in [0, 0.1) is 11.3 Å². The molecule has 0 bridgehead atoms. The number of carbonyl (C=O) groups excluding carboxylic acids is 2. The van der Waals surface area contributed by atoms with E-state index in [0.29, 0.717) is 28.1 Å². The van der Waals surface area contributed by atoms with Gasteiger partial charge in [0.15, 0.2) is 5.69 Å². The number of carbonyl (C=O) groups is 2. The summed E-state index contributed by atoms with van der Waals surface area (Å²) in [7, 11) is 4.47. The molecule has 1 unspecified atom stereocenters. The van der Waals surface area contributed by atoms with Crippen molar-refractivity contribution >= 4 is 35.3 Å². The monoisotopic (exact) mass is 690 g/mol. The Morgan fingerprint density at radius 2 is 1.86 bits per heavy atom. The van der Waals surface area contributed by atoms with E-state index in [1.165, 1.54) is 35.7 Å². The predicted octanol–water partition coefficient (Wildman–Crippen LogP) is 5.77. The van der Waals surface area contributed by atoms with E-state index in [1.807, 2.05) is 13.8 Å². The fourth-order valence-corrected chi connectivity index (χ4v) is 5.28. The number of benzene rings is 1. The highest BCUT2D eigenvalue weighted by Gasteiger charge is 2.34. The molecule has 14 nitrogen and oxygen atoms in total. The second-order valence-electron chi connectivity index (χ2n) is 12.3. The maximum atomic E-state index is 13.7. The van der Waals surface area contributed by atoms with Crippen molar-refractivity contribution in [2.24, 2.45) is 7.05 Å². The Morgan fingerprint density at radius 1 is 1.18 bits per heavy atom. The second-order valence-corrected chi connectivity index (χ2v) is 12.7. The molecule has 49 heavy (non-hydrogen) atoms. The minimum Gasteiger partial charge on any atom is -0.479 e. The smallest absolute Gasteiger partial charge is 0.416 e. The number of ether oxygens (including phenoxy) is 3. The van der Waals surface area contributed by atoms with Gasteiger partial charge in [-0.05, 0) is 57.4 Å². The van der Waals surface area contributed by atoms with Gasteiger partial charge in [-0.2, -0.15) is 15.3 Å². The van der Waals surface area contributed by atoms with Crippen LogP contribution in [0.15, 0.2) is 47.5 Å². The molecule has 0 fully saturated rings. The van der Waals surface area contributed by atoms with Crippen LogP contribution >= 0.6 is 11.6 Å². The molecule has 1 amide bonds. The molecular formula is C34H39ClN8O6. The van der Waals surface area contributed by atoms with Crippen molar-refractivity contribution in [3.63, 3.8) is 0 Å². The summed E-state index contributed by atoms with van der Waals surface area (Å²) in [6.45, 7) is 10.9. The molecule has 4 aromatic rings. The van der Waals surface area contributed by atoms with E-state index < -0.39 is 23.7 Å². The molecule has 0 radical (unpaired) electrons. The van der Waals surface area contributed by atoms with E-state index >= 15 is 0 Å². The van der Waals surface area contributed by atoms with Crippen LogP contribution < -0.4 is 20.5 Å². The topological polar surface area (TPSA) is 166 Å². The van der Waals surface area contributed by atoms with Crippen LogP contribution in [0.25, 0.3) is 5.69 Å². The average molecular weight is 691 g/mol. The number of hydrogen-bond donors (Lipinski definition) is 1. The Bertz CT molecular complexity index is 1930. The lowest BCUT2D eigenvalue weighted by Crippen LogP contribution is -2.35. The molecule has 0 aliphatic carbocycles. The molecule has 3 aromatic heterocycles. The Labute approximate surface area is 289 Å². The average Bonchev–Trinajstić information content (AvgIpc) is 3.45. The minimum absolute atomic E-state index is 0.000305. The fraction of sp³-hybridized carbons (Fsp3) is 0.382. The highest BCUT2D eigenvalue weighted by molar-refractivity contribution is 6.30. The van der Waals surface area contributed by atoms with Gasteiger partial charge in [0.25, 0.3) is 5.56 Å². The summed E-state index contributed by atoms with van der Waals surface area (Å²) in [6.07, 6.45) is 2.37. The first kappa shape index (κ1) is 36.4. The van der Waals surface area contributed by atoms with Crippen LogP contribution in [-0.2, 0) is 16.5 Å². The van der Waals surface area contributed by atoms with Gasteiger partial charge in [0.2, 0.25) is 11.8 Å². The number of nitrogens with one attached hydrogen (secondary N) is 1. The molecule has 1 N–H and O–H groups in total. The summed E-state index contributed by atoms with van der Waals surface area (Å²) in [5.74, 6) is -0.855. The number of aromatic nitrogens is 5. The Kier molecular flexibility index (Phi) is 11.0. The molecule has 0 aliphatic rings. The standard InChI is InChI=1S/C34H39ClN8O6/c1-10-48-31(45)27-25(26(21-13-11-20(16-36)12-14-21)38-22-15-23(35)30(44)41(7)18-22)28(19(2)3)43(40-27)24-17-37-32(39-29(24)47-9)42(8)33(46)49-34(4,5)6/h11-15,17-19,26,38H,10H2,1-9H3. The molecule has 3 heterocycles. The third-order valence-corrected chi connectivity index (χ3v) is 7.47. The lowest BCUT2D eigenvalue weighted by molar-refractivity contribution is 0.0516. The number of nitrogens with zero attached hydrogens (tertiary/aromatic N) is 7. The van der Waals surface area contributed by atoms with Crippen LogP contribution in [0.2, 0.25) is 5.02 Å². The van der Waals surface area contributed by atoms with Crippen molar-refractivity contribution in [3.8, 4) is 17.6 Å². The molecular weight excluding hydrogens is 652 g/mol. The highest BCUT2D eigenvalue weighted by atomic mass is 35.5. The van der Waals surface area contributed by atoms with Crippen LogP contribution in [-0.4, -0.2) is 62.7 Å². The van der Waals surface area contributed by atoms with Crippen molar-refractivity contribution in [1.29, 1.82) is 5.26 Å². The van der Waals surface area contributed by atoms with Crippen molar-refractivity contribution in [2.75, 3.05) is 31.0 Å². The third-order valence-electron chi connectivity index (χ3n) is 7.20. The zero-order chi connectivity index (χ0) is 36.2. The lowest BCUT2D eigenvalue weighted by atomic mass is 9.91. The van der Waals surface area contributed by atoms with Crippen molar-refractivity contribution in [3.05, 3.63) is 86.2 Å². The van der Waals surface area contributed by atoms with Gasteiger partial charge >= 0.3 is 12.1 Å². The Balaban J connectivity index is 1.99. The summed E-state index contributed by atoms with van der Waals surface area (Å²) in [5.41, 5.74) is 1.80. The summed E-state index contributed by atoms with van der Waals surface area (Å²) < 4.78 is 19.5. The number of nitriles is 1. The Morgan fingerprint density at radius 3 is 2.41 bits per heavy atom. The number of aryl methyl sites for hydroxylation is 1. The van der Waals surface area contributed by atoms with Gasteiger partial charge < -0.3 is 24.1 Å². The van der Waals surface area contributed by atoms with E-state index in [2.05, 4.69) is 21.4 Å². The quantitative estimate of drug-likeness (QED) is 0.201. The highest BCUT2D eigenvalue weighted by Crippen LogP contribution is 2.38. The lowest BCUT2D eigenvalue weighted by Gasteiger charge is -2.25. The maximum Gasteiger partial charge on any atom is 0.416 e. The number of rotatable bonds is 10. The Hall–Kier alpha value is -5.42. The van der Waals surface area contributed by atoms with Gasteiger partial charge in [-0.15, -0.1) is 0 Å². The van der Waals surface area contributed by atoms with E-state index in [4.69, 9.17) is 30.9 Å². The van der Waals surface area contributed by atoms with E-state index in [0.717, 1.165) is 4.90 Å². The summed E-state index contributed by atoms with van der Waals surface area (Å²) in [4.78, 5) is 48.9. The first-order valence-corrected chi connectivity index (χ1v) is 15.8. The molecule has 0 saturated heterocycles. The molecule has 0 saturated carbocycles. The number of amides is 1. The second kappa shape index (κ2) is 14.8. The number of esters is 1. The minimum atomic E-state index is -0.767. The number of anilines is 2. The maximum absolute atomic E-state index is 13.7. The van der Waals surface area contributed by atoms with Crippen molar-refractivity contribution in [2.45, 2.75) is 59.1 Å². The molecule has 258 valence electrons. The molecule has 1 aromatic carbocycles. The summed E-state index contributed by atoms with van der Waals surface area (Å²) in [5, 5.41) is 17.7. The van der Waals surface area contributed by atoms with Gasteiger partial charge in [-0.1, -0.05) is 37.6 Å². The SMILES string of the molecule is CCOC(=O)c1nn(-c2cnc(N(C)C(=O)OC(C)(C)C)nc2OC)c(C(C)C)c1C(Nc1cc(Cl)c(=O)n(C)c1)c1ccc(C#N)cc1. The predicted molar refractivity (Wildman–Crippen MR) is 184 cm³/mol. The zero-order valence-corrected chi connectivity index (χ0v) is 29.6. The van der Waals surface area contributed by atoms with Gasteiger partial charge in [-0.3, -0.25) is 4.79 Å². The van der Waals surface area contributed by atoms with Gasteiger partial charge in [0, 0.05) is 25.9 Å². The van der Waals surface area contributed by atoms with Gasteiger partial charge in [-0.25, -0.2) is 24.2 Å². The van der Waals surface area contributed by atoms with Crippen molar-refractivity contribution in [1.82, 2.24) is 24.3 Å². The van der Waals surface area contributed by atoms with Crippen LogP contribution in [0.3, 0.4) is 0 Å². The fourth-order valence-electron chi connectivity index (χ4n) is 5.03. The number of methoxy groups -OCH3 is 1. The van der Waals surface area contributed by atoms with Crippen LogP contribution in [0.1, 0.15) is 86.4 Å². The molecule has 0 spiro atoms. The molecule has 1 atom stereocenters. The van der Waals surface area contributed by atoms with E-state index in [9.17, 15) is 19.6 Å². The molecule has 15 heteroatoms. The first-order valence-electron chi connectivity index (χ1n) is 15.4. The summed E-state index contributed by atoms with van der Waals surface area (Å²) >= 11 is 6.28. The van der Waals surface area contributed by atoms with Gasteiger partial charge in [0.05, 0.1) is 49.0 Å².